The molecule has 0 aliphatic carbocycles. The van der Waals surface area contributed by atoms with Crippen molar-refractivity contribution in [2.45, 2.75) is 26.0 Å². The van der Waals surface area contributed by atoms with E-state index in [1.807, 2.05) is 6.92 Å². The molecule has 2 unspecified atom stereocenters. The first kappa shape index (κ1) is 15.3. The minimum Gasteiger partial charge on any atom is -0.377 e. The van der Waals surface area contributed by atoms with Crippen LogP contribution in [0.1, 0.15) is 19.2 Å². The fourth-order valence-corrected chi connectivity index (χ4v) is 2.29. The van der Waals surface area contributed by atoms with E-state index in [9.17, 15) is 4.21 Å². The molecular weight excluding hydrogens is 274 g/mol. The molecule has 0 spiro atoms. The van der Waals surface area contributed by atoms with Gasteiger partial charge in [-0.25, -0.2) is 9.97 Å². The highest BCUT2D eigenvalue weighted by atomic mass is 35.5. The fraction of sp³-hybridized carbons (Fsp3) is 0.636. The van der Waals surface area contributed by atoms with Gasteiger partial charge in [0.25, 0.3) is 0 Å². The van der Waals surface area contributed by atoms with Gasteiger partial charge in [-0.15, -0.1) is 0 Å². The van der Waals surface area contributed by atoms with Gasteiger partial charge in [-0.3, -0.25) is 4.21 Å². The SMILES string of the molecule is COCc1nc(Cl)cc(NC(C)CCS(C)=O)n1. The van der Waals surface area contributed by atoms with Gasteiger partial charge in [0, 0.05) is 42.0 Å². The van der Waals surface area contributed by atoms with Gasteiger partial charge >= 0.3 is 0 Å². The number of hydrogen-bond acceptors (Lipinski definition) is 5. The van der Waals surface area contributed by atoms with E-state index in [1.54, 1.807) is 19.4 Å². The number of nitrogens with zero attached hydrogens (tertiary/aromatic N) is 2. The molecule has 0 bridgehead atoms. The van der Waals surface area contributed by atoms with E-state index in [-0.39, 0.29) is 6.04 Å². The van der Waals surface area contributed by atoms with Gasteiger partial charge in [0.1, 0.15) is 17.6 Å². The van der Waals surface area contributed by atoms with E-state index in [4.69, 9.17) is 16.3 Å². The number of hydrogen-bond donors (Lipinski definition) is 1. The Kier molecular flexibility index (Phi) is 6.52. The third-order valence-corrected chi connectivity index (χ3v) is 3.25. The first-order chi connectivity index (χ1) is 8.51. The van der Waals surface area contributed by atoms with Crippen molar-refractivity contribution in [3.05, 3.63) is 17.0 Å². The van der Waals surface area contributed by atoms with Gasteiger partial charge < -0.3 is 10.1 Å². The third-order valence-electron chi connectivity index (χ3n) is 2.25. The Morgan fingerprint density at radius 3 is 2.89 bits per heavy atom. The molecule has 5 nitrogen and oxygen atoms in total. The van der Waals surface area contributed by atoms with Gasteiger partial charge in [-0.2, -0.15) is 0 Å². The molecule has 1 rings (SSSR count). The Balaban J connectivity index is 2.62. The van der Waals surface area contributed by atoms with Crippen LogP contribution in [0.3, 0.4) is 0 Å². The summed E-state index contributed by atoms with van der Waals surface area (Å²) in [6, 6.07) is 1.84. The lowest BCUT2D eigenvalue weighted by molar-refractivity contribution is 0.178. The van der Waals surface area contributed by atoms with Gasteiger partial charge in [-0.05, 0) is 13.3 Å². The second-order valence-electron chi connectivity index (χ2n) is 4.04. The van der Waals surface area contributed by atoms with E-state index < -0.39 is 10.8 Å². The zero-order valence-electron chi connectivity index (χ0n) is 10.8. The Bertz CT molecular complexity index is 417. The van der Waals surface area contributed by atoms with Gasteiger partial charge in [0.05, 0.1) is 0 Å². The van der Waals surface area contributed by atoms with Crippen LogP contribution < -0.4 is 5.32 Å². The van der Waals surface area contributed by atoms with E-state index in [0.29, 0.717) is 29.2 Å². The summed E-state index contributed by atoms with van der Waals surface area (Å²) in [5.74, 6) is 1.87. The molecule has 0 fully saturated rings. The van der Waals surface area contributed by atoms with Crippen LogP contribution in [-0.4, -0.2) is 39.3 Å². The summed E-state index contributed by atoms with van der Waals surface area (Å²) in [4.78, 5) is 8.33. The second-order valence-corrected chi connectivity index (χ2v) is 5.98. The summed E-state index contributed by atoms with van der Waals surface area (Å²) in [5.41, 5.74) is 0. The lowest BCUT2D eigenvalue weighted by atomic mass is 10.2. The van der Waals surface area contributed by atoms with Crippen molar-refractivity contribution < 1.29 is 8.95 Å². The molecule has 1 aromatic heterocycles. The van der Waals surface area contributed by atoms with Crippen molar-refractivity contribution in [3.8, 4) is 0 Å². The molecule has 7 heteroatoms. The number of ether oxygens (including phenoxy) is 1. The van der Waals surface area contributed by atoms with Crippen LogP contribution in [-0.2, 0) is 22.1 Å². The number of aromatic nitrogens is 2. The monoisotopic (exact) mass is 291 g/mol. The molecule has 0 aliphatic rings. The van der Waals surface area contributed by atoms with Gasteiger partial charge in [-0.1, -0.05) is 11.6 Å². The first-order valence-electron chi connectivity index (χ1n) is 5.60. The summed E-state index contributed by atoms with van der Waals surface area (Å²) >= 11 is 5.90. The van der Waals surface area contributed by atoms with E-state index in [1.165, 1.54) is 0 Å². The number of nitrogens with one attached hydrogen (secondary N) is 1. The van der Waals surface area contributed by atoms with Crippen LogP contribution in [0.4, 0.5) is 5.82 Å². The van der Waals surface area contributed by atoms with Crippen molar-refractivity contribution in [2.75, 3.05) is 24.4 Å². The summed E-state index contributed by atoms with van der Waals surface area (Å²) < 4.78 is 16.0. The minimum absolute atomic E-state index is 0.176. The Morgan fingerprint density at radius 1 is 1.56 bits per heavy atom. The summed E-state index contributed by atoms with van der Waals surface area (Å²) in [6.45, 7) is 2.33. The van der Waals surface area contributed by atoms with Crippen LogP contribution >= 0.6 is 11.6 Å². The standard InChI is InChI=1S/C11H18ClN3O2S/c1-8(4-5-18(3)16)13-10-6-9(12)14-11(15-10)7-17-2/h6,8H,4-5,7H2,1-3H3,(H,13,14,15). The summed E-state index contributed by atoms with van der Waals surface area (Å²) in [7, 11) is 0.805. The quantitative estimate of drug-likeness (QED) is 0.777. The second kappa shape index (κ2) is 7.66. The van der Waals surface area contributed by atoms with Crippen LogP contribution in [0.2, 0.25) is 5.15 Å². The number of rotatable bonds is 7. The highest BCUT2D eigenvalue weighted by molar-refractivity contribution is 7.84. The maximum Gasteiger partial charge on any atom is 0.158 e. The third kappa shape index (κ3) is 5.75. The van der Waals surface area contributed by atoms with Crippen molar-refractivity contribution >= 4 is 28.2 Å². The molecule has 0 amide bonds. The number of halogens is 1. The molecule has 1 N–H and O–H groups in total. The summed E-state index contributed by atoms with van der Waals surface area (Å²) in [6.07, 6.45) is 2.51. The molecule has 1 aromatic rings. The molecule has 2 atom stereocenters. The smallest absolute Gasteiger partial charge is 0.158 e. The first-order valence-corrected chi connectivity index (χ1v) is 7.70. The van der Waals surface area contributed by atoms with Gasteiger partial charge in [0.2, 0.25) is 0 Å². The number of methoxy groups -OCH3 is 1. The van der Waals surface area contributed by atoms with E-state index in [0.717, 1.165) is 6.42 Å². The molecular formula is C11H18ClN3O2S. The van der Waals surface area contributed by atoms with Crippen LogP contribution in [0, 0.1) is 0 Å². The average Bonchev–Trinajstić information content (AvgIpc) is 2.26. The van der Waals surface area contributed by atoms with Crippen molar-refractivity contribution in [1.82, 2.24) is 9.97 Å². The van der Waals surface area contributed by atoms with E-state index >= 15 is 0 Å². The Morgan fingerprint density at radius 2 is 2.28 bits per heavy atom. The van der Waals surface area contributed by atoms with Crippen LogP contribution in [0.15, 0.2) is 6.07 Å². The predicted octanol–water partition coefficient (Wildman–Crippen LogP) is 1.85. The lowest BCUT2D eigenvalue weighted by Crippen LogP contribution is -2.19. The van der Waals surface area contributed by atoms with Gasteiger partial charge in [0.15, 0.2) is 5.82 Å². The zero-order chi connectivity index (χ0) is 13.5. The number of anilines is 1. The van der Waals surface area contributed by atoms with Crippen LogP contribution in [0.5, 0.6) is 0 Å². The highest BCUT2D eigenvalue weighted by Gasteiger charge is 2.07. The zero-order valence-corrected chi connectivity index (χ0v) is 12.3. The molecule has 18 heavy (non-hydrogen) atoms. The van der Waals surface area contributed by atoms with Crippen LogP contribution in [0.25, 0.3) is 0 Å². The average molecular weight is 292 g/mol. The maximum atomic E-state index is 11.0. The van der Waals surface area contributed by atoms with Crippen molar-refractivity contribution in [2.24, 2.45) is 0 Å². The predicted molar refractivity (Wildman–Crippen MR) is 74.4 cm³/mol. The molecule has 0 radical (unpaired) electrons. The molecule has 1 heterocycles. The fourth-order valence-electron chi connectivity index (χ4n) is 1.40. The van der Waals surface area contributed by atoms with Crippen molar-refractivity contribution in [1.29, 1.82) is 0 Å². The Hall–Kier alpha value is -0.720. The maximum absolute atomic E-state index is 11.0. The topological polar surface area (TPSA) is 64.1 Å². The molecule has 0 aliphatic heterocycles. The van der Waals surface area contributed by atoms with E-state index in [2.05, 4.69) is 15.3 Å². The molecule has 0 aromatic carbocycles. The highest BCUT2D eigenvalue weighted by Crippen LogP contribution is 2.13. The normalized spacial score (nSPS) is 14.2. The molecule has 0 saturated heterocycles. The molecule has 102 valence electrons. The largest absolute Gasteiger partial charge is 0.377 e. The lowest BCUT2D eigenvalue weighted by Gasteiger charge is -2.14. The summed E-state index contributed by atoms with van der Waals surface area (Å²) in [5, 5.41) is 3.59. The van der Waals surface area contributed by atoms with Crippen molar-refractivity contribution in [3.63, 3.8) is 0 Å². The molecule has 0 saturated carbocycles. The Labute approximate surface area is 115 Å². The minimum atomic E-state index is -0.775.